The summed E-state index contributed by atoms with van der Waals surface area (Å²) in [5, 5.41) is 20.1. The van der Waals surface area contributed by atoms with E-state index in [-0.39, 0.29) is 19.1 Å². The average molecular weight is 251 g/mol. The van der Waals surface area contributed by atoms with Gasteiger partial charge >= 0.3 is 0 Å². The van der Waals surface area contributed by atoms with Crippen LogP contribution in [0.4, 0.5) is 0 Å². The van der Waals surface area contributed by atoms with Crippen LogP contribution in [0.5, 0.6) is 5.75 Å². The summed E-state index contributed by atoms with van der Waals surface area (Å²) in [7, 11) is 1.56. The zero-order valence-electron chi connectivity index (χ0n) is 10.2. The van der Waals surface area contributed by atoms with Gasteiger partial charge in [-0.05, 0) is 12.1 Å². The minimum atomic E-state index is -0.936. The third-order valence-corrected chi connectivity index (χ3v) is 2.28. The Balaban J connectivity index is 2.55. The number of carbonyl (C=O) groups excluding carboxylic acids is 1. The lowest BCUT2D eigenvalue weighted by atomic mass is 10.2. The van der Waals surface area contributed by atoms with E-state index in [1.807, 2.05) is 18.2 Å². The second kappa shape index (κ2) is 7.47. The minimum absolute atomic E-state index is 0.0194. The van der Waals surface area contributed by atoms with Crippen molar-refractivity contribution < 1.29 is 19.7 Å². The zero-order chi connectivity index (χ0) is 13.4. The molecule has 0 saturated heterocycles. The molecule has 0 spiro atoms. The molecule has 0 aliphatic carbocycles. The molecule has 1 amide bonds. The van der Waals surface area contributed by atoms with Crippen molar-refractivity contribution >= 4 is 12.0 Å². The lowest BCUT2D eigenvalue weighted by Gasteiger charge is -2.07. The molecule has 0 fully saturated rings. The Morgan fingerprint density at radius 2 is 2.22 bits per heavy atom. The molecular formula is C13H17NO4. The van der Waals surface area contributed by atoms with Crippen molar-refractivity contribution in [2.75, 3.05) is 20.3 Å². The van der Waals surface area contributed by atoms with Gasteiger partial charge in [0.25, 0.3) is 0 Å². The Labute approximate surface area is 106 Å². The predicted molar refractivity (Wildman–Crippen MR) is 68.1 cm³/mol. The summed E-state index contributed by atoms with van der Waals surface area (Å²) in [5.41, 5.74) is 0.790. The number of ether oxygens (including phenoxy) is 1. The standard InChI is InChI=1S/C13H17NO4/c1-18-12-5-3-2-4-10(12)6-7-13(17)14-8-11(16)9-15/h2-7,11,15-16H,8-9H2,1H3,(H,14,17). The Bertz CT molecular complexity index is 417. The maximum Gasteiger partial charge on any atom is 0.244 e. The first-order chi connectivity index (χ1) is 8.67. The number of hydrogen-bond acceptors (Lipinski definition) is 4. The van der Waals surface area contributed by atoms with Crippen molar-refractivity contribution in [3.63, 3.8) is 0 Å². The van der Waals surface area contributed by atoms with E-state index >= 15 is 0 Å². The highest BCUT2D eigenvalue weighted by Gasteiger charge is 2.03. The lowest BCUT2D eigenvalue weighted by Crippen LogP contribution is -2.32. The molecule has 98 valence electrons. The van der Waals surface area contributed by atoms with Crippen LogP contribution in [-0.2, 0) is 4.79 Å². The third kappa shape index (κ3) is 4.57. The molecule has 0 radical (unpaired) electrons. The number of para-hydroxylation sites is 1. The van der Waals surface area contributed by atoms with E-state index in [4.69, 9.17) is 14.9 Å². The van der Waals surface area contributed by atoms with Crippen molar-refractivity contribution in [1.82, 2.24) is 5.32 Å². The van der Waals surface area contributed by atoms with Crippen molar-refractivity contribution in [3.8, 4) is 5.75 Å². The van der Waals surface area contributed by atoms with Crippen LogP contribution in [0, 0.1) is 0 Å². The van der Waals surface area contributed by atoms with Crippen LogP contribution in [-0.4, -0.2) is 42.5 Å². The van der Waals surface area contributed by atoms with Gasteiger partial charge in [-0.2, -0.15) is 0 Å². The van der Waals surface area contributed by atoms with Crippen LogP contribution in [0.1, 0.15) is 5.56 Å². The highest BCUT2D eigenvalue weighted by molar-refractivity contribution is 5.92. The summed E-state index contributed by atoms with van der Waals surface area (Å²) in [5.74, 6) is 0.338. The fourth-order valence-electron chi connectivity index (χ4n) is 1.31. The molecule has 0 aliphatic heterocycles. The van der Waals surface area contributed by atoms with Crippen molar-refractivity contribution in [1.29, 1.82) is 0 Å². The van der Waals surface area contributed by atoms with Gasteiger partial charge in [-0.15, -0.1) is 0 Å². The van der Waals surface area contributed by atoms with E-state index in [0.717, 1.165) is 5.56 Å². The first kappa shape index (κ1) is 14.2. The van der Waals surface area contributed by atoms with Crippen molar-refractivity contribution in [3.05, 3.63) is 35.9 Å². The van der Waals surface area contributed by atoms with E-state index < -0.39 is 6.10 Å². The Kier molecular flexibility index (Phi) is 5.90. The van der Waals surface area contributed by atoms with Crippen LogP contribution in [0.3, 0.4) is 0 Å². The first-order valence-electron chi connectivity index (χ1n) is 5.55. The van der Waals surface area contributed by atoms with Gasteiger partial charge in [0.2, 0.25) is 5.91 Å². The molecular weight excluding hydrogens is 234 g/mol. The third-order valence-electron chi connectivity index (χ3n) is 2.28. The summed E-state index contributed by atoms with van der Waals surface area (Å²) >= 11 is 0. The second-order valence-electron chi connectivity index (χ2n) is 3.66. The molecule has 5 heteroatoms. The molecule has 18 heavy (non-hydrogen) atoms. The number of carbonyl (C=O) groups is 1. The topological polar surface area (TPSA) is 78.8 Å². The molecule has 3 N–H and O–H groups in total. The minimum Gasteiger partial charge on any atom is -0.496 e. The Morgan fingerprint density at radius 3 is 2.89 bits per heavy atom. The zero-order valence-corrected chi connectivity index (χ0v) is 10.2. The molecule has 1 aromatic rings. The van der Waals surface area contributed by atoms with Gasteiger partial charge < -0.3 is 20.3 Å². The number of rotatable bonds is 6. The molecule has 0 saturated carbocycles. The molecule has 0 heterocycles. The number of methoxy groups -OCH3 is 1. The van der Waals surface area contributed by atoms with Crippen LogP contribution in [0.25, 0.3) is 6.08 Å². The van der Waals surface area contributed by atoms with Gasteiger partial charge in [0.1, 0.15) is 5.75 Å². The van der Waals surface area contributed by atoms with Gasteiger partial charge in [0, 0.05) is 18.2 Å². The maximum absolute atomic E-state index is 11.4. The second-order valence-corrected chi connectivity index (χ2v) is 3.66. The quantitative estimate of drug-likeness (QED) is 0.630. The highest BCUT2D eigenvalue weighted by atomic mass is 16.5. The maximum atomic E-state index is 11.4. The van der Waals surface area contributed by atoms with Gasteiger partial charge in [0.05, 0.1) is 19.8 Å². The van der Waals surface area contributed by atoms with Gasteiger partial charge in [-0.25, -0.2) is 0 Å². The normalized spacial score (nSPS) is 12.4. The largest absolute Gasteiger partial charge is 0.496 e. The Morgan fingerprint density at radius 1 is 1.50 bits per heavy atom. The van der Waals surface area contributed by atoms with Crippen LogP contribution in [0.15, 0.2) is 30.3 Å². The van der Waals surface area contributed by atoms with Gasteiger partial charge in [-0.3, -0.25) is 4.79 Å². The molecule has 0 aliphatic rings. The number of nitrogens with one attached hydrogen (secondary N) is 1. The molecule has 1 atom stereocenters. The summed E-state index contributed by atoms with van der Waals surface area (Å²) in [6, 6.07) is 7.31. The number of benzene rings is 1. The average Bonchev–Trinajstić information content (AvgIpc) is 2.42. The molecule has 1 unspecified atom stereocenters. The van der Waals surface area contributed by atoms with Crippen molar-refractivity contribution in [2.24, 2.45) is 0 Å². The molecule has 1 rings (SSSR count). The summed E-state index contributed by atoms with van der Waals surface area (Å²) in [4.78, 5) is 11.4. The van der Waals surface area contributed by atoms with E-state index in [2.05, 4.69) is 5.32 Å². The van der Waals surface area contributed by atoms with E-state index in [1.165, 1.54) is 6.08 Å². The molecule has 5 nitrogen and oxygen atoms in total. The van der Waals surface area contributed by atoms with E-state index in [1.54, 1.807) is 19.3 Å². The number of hydrogen-bond donors (Lipinski definition) is 3. The van der Waals surface area contributed by atoms with Crippen LogP contribution in [0.2, 0.25) is 0 Å². The monoisotopic (exact) mass is 251 g/mol. The smallest absolute Gasteiger partial charge is 0.244 e. The molecule has 1 aromatic carbocycles. The Hall–Kier alpha value is -1.85. The fourth-order valence-corrected chi connectivity index (χ4v) is 1.31. The lowest BCUT2D eigenvalue weighted by molar-refractivity contribution is -0.117. The predicted octanol–water partition coefficient (Wildman–Crippen LogP) is 0.178. The van der Waals surface area contributed by atoms with Crippen molar-refractivity contribution in [2.45, 2.75) is 6.10 Å². The molecule has 0 aromatic heterocycles. The van der Waals surface area contributed by atoms with Gasteiger partial charge in [0.15, 0.2) is 0 Å². The number of aliphatic hydroxyl groups excluding tert-OH is 2. The first-order valence-corrected chi connectivity index (χ1v) is 5.55. The van der Waals surface area contributed by atoms with E-state index in [0.29, 0.717) is 5.75 Å². The molecule has 0 bridgehead atoms. The van der Waals surface area contributed by atoms with Gasteiger partial charge in [-0.1, -0.05) is 18.2 Å². The fraction of sp³-hybridized carbons (Fsp3) is 0.308. The summed E-state index contributed by atoms with van der Waals surface area (Å²) in [6.07, 6.45) is 2.04. The highest BCUT2D eigenvalue weighted by Crippen LogP contribution is 2.18. The SMILES string of the molecule is COc1ccccc1C=CC(=O)NCC(O)CO. The number of amides is 1. The summed E-state index contributed by atoms with van der Waals surface area (Å²) < 4.78 is 5.14. The van der Waals surface area contributed by atoms with Crippen LogP contribution >= 0.6 is 0 Å². The van der Waals surface area contributed by atoms with E-state index in [9.17, 15) is 4.79 Å². The summed E-state index contributed by atoms with van der Waals surface area (Å²) in [6.45, 7) is -0.359. The van der Waals surface area contributed by atoms with Crippen LogP contribution < -0.4 is 10.1 Å². The number of aliphatic hydroxyl groups is 2.